The SMILES string of the molecule is Cc1nc(CN2CCN(C(=O)CNCC3CC3)CC2)oc1C. The van der Waals surface area contributed by atoms with E-state index in [0.717, 1.165) is 62.5 Å². The average molecular weight is 306 g/mol. The fourth-order valence-corrected chi connectivity index (χ4v) is 2.77. The highest BCUT2D eigenvalue weighted by molar-refractivity contribution is 5.78. The van der Waals surface area contributed by atoms with Gasteiger partial charge in [-0.2, -0.15) is 0 Å². The minimum Gasteiger partial charge on any atom is -0.444 e. The van der Waals surface area contributed by atoms with E-state index >= 15 is 0 Å². The number of hydrogen-bond donors (Lipinski definition) is 1. The molecule has 1 amide bonds. The highest BCUT2D eigenvalue weighted by Crippen LogP contribution is 2.27. The van der Waals surface area contributed by atoms with E-state index in [1.54, 1.807) is 0 Å². The molecule has 2 heterocycles. The van der Waals surface area contributed by atoms with Crippen LogP contribution in [0.15, 0.2) is 4.42 Å². The van der Waals surface area contributed by atoms with Crippen LogP contribution in [-0.4, -0.2) is 60.0 Å². The largest absolute Gasteiger partial charge is 0.444 e. The lowest BCUT2D eigenvalue weighted by Crippen LogP contribution is -2.50. The molecule has 1 aromatic heterocycles. The molecule has 0 aromatic carbocycles. The Hall–Kier alpha value is -1.40. The summed E-state index contributed by atoms with van der Waals surface area (Å²) in [7, 11) is 0. The van der Waals surface area contributed by atoms with Crippen LogP contribution in [0.2, 0.25) is 0 Å². The maximum Gasteiger partial charge on any atom is 0.236 e. The van der Waals surface area contributed by atoms with Crippen molar-refractivity contribution >= 4 is 5.91 Å². The van der Waals surface area contributed by atoms with Gasteiger partial charge in [0.2, 0.25) is 11.8 Å². The molecule has 1 saturated carbocycles. The van der Waals surface area contributed by atoms with E-state index in [4.69, 9.17) is 4.42 Å². The minimum absolute atomic E-state index is 0.225. The number of carbonyl (C=O) groups is 1. The summed E-state index contributed by atoms with van der Waals surface area (Å²) in [6.45, 7) is 9.47. The topological polar surface area (TPSA) is 61.6 Å². The Labute approximate surface area is 131 Å². The summed E-state index contributed by atoms with van der Waals surface area (Å²) in [5.74, 6) is 2.71. The molecule has 122 valence electrons. The van der Waals surface area contributed by atoms with Crippen LogP contribution < -0.4 is 5.32 Å². The number of amides is 1. The number of oxazole rings is 1. The molecule has 0 radical (unpaired) electrons. The third kappa shape index (κ3) is 4.08. The number of rotatable bonds is 6. The summed E-state index contributed by atoms with van der Waals surface area (Å²) in [6.07, 6.45) is 2.64. The predicted molar refractivity (Wildman–Crippen MR) is 83.4 cm³/mol. The van der Waals surface area contributed by atoms with E-state index in [1.165, 1.54) is 12.8 Å². The molecule has 0 bridgehead atoms. The van der Waals surface area contributed by atoms with Gasteiger partial charge in [0, 0.05) is 26.2 Å². The third-order valence-corrected chi connectivity index (χ3v) is 4.56. The molecule has 0 unspecified atom stereocenters. The van der Waals surface area contributed by atoms with Crippen LogP contribution in [0.25, 0.3) is 0 Å². The average Bonchev–Trinajstić information content (AvgIpc) is 3.26. The van der Waals surface area contributed by atoms with Crippen LogP contribution in [0.4, 0.5) is 0 Å². The molecule has 2 aliphatic rings. The lowest BCUT2D eigenvalue weighted by molar-refractivity contribution is -0.132. The first-order valence-corrected chi connectivity index (χ1v) is 8.25. The van der Waals surface area contributed by atoms with Gasteiger partial charge in [0.05, 0.1) is 18.8 Å². The number of piperazine rings is 1. The third-order valence-electron chi connectivity index (χ3n) is 4.56. The maximum atomic E-state index is 12.1. The molecule has 6 heteroatoms. The smallest absolute Gasteiger partial charge is 0.236 e. The van der Waals surface area contributed by atoms with E-state index in [0.29, 0.717) is 6.54 Å². The van der Waals surface area contributed by atoms with Crippen LogP contribution in [0.1, 0.15) is 30.2 Å². The van der Waals surface area contributed by atoms with Gasteiger partial charge >= 0.3 is 0 Å². The summed E-state index contributed by atoms with van der Waals surface area (Å²) >= 11 is 0. The van der Waals surface area contributed by atoms with Gasteiger partial charge < -0.3 is 14.6 Å². The van der Waals surface area contributed by atoms with Gasteiger partial charge in [-0.15, -0.1) is 0 Å². The van der Waals surface area contributed by atoms with Crippen LogP contribution in [0, 0.1) is 19.8 Å². The van der Waals surface area contributed by atoms with Crippen molar-refractivity contribution in [1.29, 1.82) is 0 Å². The van der Waals surface area contributed by atoms with Crippen molar-refractivity contribution in [3.8, 4) is 0 Å². The summed E-state index contributed by atoms with van der Waals surface area (Å²) in [4.78, 5) is 20.8. The number of hydrogen-bond acceptors (Lipinski definition) is 5. The zero-order chi connectivity index (χ0) is 15.5. The second kappa shape index (κ2) is 6.79. The van der Waals surface area contributed by atoms with Gasteiger partial charge in [-0.1, -0.05) is 0 Å². The summed E-state index contributed by atoms with van der Waals surface area (Å²) < 4.78 is 5.63. The first-order chi connectivity index (χ1) is 10.6. The van der Waals surface area contributed by atoms with Gasteiger partial charge in [-0.25, -0.2) is 4.98 Å². The van der Waals surface area contributed by atoms with E-state index in [1.807, 2.05) is 18.7 Å². The highest BCUT2D eigenvalue weighted by Gasteiger charge is 2.24. The fourth-order valence-electron chi connectivity index (χ4n) is 2.77. The van der Waals surface area contributed by atoms with Crippen molar-refractivity contribution in [3.05, 3.63) is 17.3 Å². The molecule has 1 saturated heterocycles. The van der Waals surface area contributed by atoms with Crippen molar-refractivity contribution < 1.29 is 9.21 Å². The van der Waals surface area contributed by atoms with E-state index in [2.05, 4.69) is 15.2 Å². The Balaban J connectivity index is 1.38. The monoisotopic (exact) mass is 306 g/mol. The van der Waals surface area contributed by atoms with Crippen molar-refractivity contribution in [3.63, 3.8) is 0 Å². The van der Waals surface area contributed by atoms with Crippen molar-refractivity contribution in [2.75, 3.05) is 39.3 Å². The summed E-state index contributed by atoms with van der Waals surface area (Å²) in [5.41, 5.74) is 0.963. The predicted octanol–water partition coefficient (Wildman–Crippen LogP) is 0.935. The maximum absolute atomic E-state index is 12.1. The van der Waals surface area contributed by atoms with Crippen LogP contribution in [0.3, 0.4) is 0 Å². The molecule has 1 aliphatic carbocycles. The van der Waals surface area contributed by atoms with Gasteiger partial charge in [0.15, 0.2) is 0 Å². The standard InChI is InChI=1S/C16H26N4O2/c1-12-13(2)22-15(18-12)11-19-5-7-20(8-6-19)16(21)10-17-9-14-3-4-14/h14,17H,3-11H2,1-2H3. The van der Waals surface area contributed by atoms with Crippen LogP contribution >= 0.6 is 0 Å². The minimum atomic E-state index is 0.225. The number of aryl methyl sites for hydroxylation is 2. The quantitative estimate of drug-likeness (QED) is 0.847. The lowest BCUT2D eigenvalue weighted by Gasteiger charge is -2.34. The number of carbonyl (C=O) groups excluding carboxylic acids is 1. The van der Waals surface area contributed by atoms with Gasteiger partial charge in [0.1, 0.15) is 5.76 Å². The molecule has 1 aliphatic heterocycles. The Kier molecular flexibility index (Phi) is 4.78. The Bertz CT molecular complexity index is 497. The molecule has 1 N–H and O–H groups in total. The Morgan fingerprint density at radius 3 is 2.59 bits per heavy atom. The summed E-state index contributed by atoms with van der Waals surface area (Å²) in [5, 5.41) is 3.27. The molecule has 2 fully saturated rings. The number of nitrogens with one attached hydrogen (secondary N) is 1. The van der Waals surface area contributed by atoms with Crippen LogP contribution in [-0.2, 0) is 11.3 Å². The van der Waals surface area contributed by atoms with E-state index in [9.17, 15) is 4.79 Å². The molecule has 3 rings (SSSR count). The van der Waals surface area contributed by atoms with Gasteiger partial charge in [-0.3, -0.25) is 9.69 Å². The van der Waals surface area contributed by atoms with E-state index in [-0.39, 0.29) is 5.91 Å². The lowest BCUT2D eigenvalue weighted by atomic mass is 10.3. The molecular formula is C16H26N4O2. The van der Waals surface area contributed by atoms with Crippen molar-refractivity contribution in [2.24, 2.45) is 5.92 Å². The Morgan fingerprint density at radius 2 is 2.00 bits per heavy atom. The van der Waals surface area contributed by atoms with Gasteiger partial charge in [0.25, 0.3) is 0 Å². The summed E-state index contributed by atoms with van der Waals surface area (Å²) in [6, 6.07) is 0. The van der Waals surface area contributed by atoms with Gasteiger partial charge in [-0.05, 0) is 39.2 Å². The second-order valence-electron chi connectivity index (χ2n) is 6.48. The molecule has 22 heavy (non-hydrogen) atoms. The zero-order valence-corrected chi connectivity index (χ0v) is 13.6. The molecule has 0 spiro atoms. The first kappa shape index (κ1) is 15.5. The first-order valence-electron chi connectivity index (χ1n) is 8.25. The van der Waals surface area contributed by atoms with Crippen molar-refractivity contribution in [2.45, 2.75) is 33.2 Å². The zero-order valence-electron chi connectivity index (χ0n) is 13.6. The molecule has 0 atom stereocenters. The highest BCUT2D eigenvalue weighted by atomic mass is 16.4. The fraction of sp³-hybridized carbons (Fsp3) is 0.750. The molecule has 6 nitrogen and oxygen atoms in total. The number of aromatic nitrogens is 1. The van der Waals surface area contributed by atoms with Crippen LogP contribution in [0.5, 0.6) is 0 Å². The van der Waals surface area contributed by atoms with E-state index < -0.39 is 0 Å². The Morgan fingerprint density at radius 1 is 1.27 bits per heavy atom. The normalized spacial score (nSPS) is 19.6. The van der Waals surface area contributed by atoms with Crippen molar-refractivity contribution in [1.82, 2.24) is 20.1 Å². The number of nitrogens with zero attached hydrogens (tertiary/aromatic N) is 3. The second-order valence-corrected chi connectivity index (χ2v) is 6.48. The molecule has 1 aromatic rings. The molecular weight excluding hydrogens is 280 g/mol.